The summed E-state index contributed by atoms with van der Waals surface area (Å²) in [7, 11) is 0. The SMILES string of the molecule is O=C(CCc1ccc(F)cc1)N1CC=C(c2ccccc2)CC1. The van der Waals surface area contributed by atoms with Crippen molar-refractivity contribution in [3.63, 3.8) is 0 Å². The highest BCUT2D eigenvalue weighted by atomic mass is 19.1. The highest BCUT2D eigenvalue weighted by Gasteiger charge is 2.17. The Morgan fingerprint density at radius 1 is 1.04 bits per heavy atom. The first-order valence-corrected chi connectivity index (χ1v) is 7.99. The summed E-state index contributed by atoms with van der Waals surface area (Å²) in [6.07, 6.45) is 4.17. The Kier molecular flexibility index (Phi) is 4.86. The molecule has 1 amide bonds. The Balaban J connectivity index is 1.54. The quantitative estimate of drug-likeness (QED) is 0.833. The fourth-order valence-corrected chi connectivity index (χ4v) is 2.87. The molecule has 2 aromatic carbocycles. The number of hydrogen-bond acceptors (Lipinski definition) is 1. The summed E-state index contributed by atoms with van der Waals surface area (Å²) in [4.78, 5) is 14.2. The molecule has 1 aliphatic heterocycles. The maximum Gasteiger partial charge on any atom is 0.223 e. The lowest BCUT2D eigenvalue weighted by Gasteiger charge is -2.26. The Labute approximate surface area is 136 Å². The molecule has 0 fully saturated rings. The van der Waals surface area contributed by atoms with Crippen LogP contribution in [0.1, 0.15) is 24.0 Å². The van der Waals surface area contributed by atoms with E-state index in [1.807, 2.05) is 23.1 Å². The zero-order chi connectivity index (χ0) is 16.1. The van der Waals surface area contributed by atoms with E-state index in [9.17, 15) is 9.18 Å². The summed E-state index contributed by atoms with van der Waals surface area (Å²) in [5.74, 6) is -0.0765. The fraction of sp³-hybridized carbons (Fsp3) is 0.250. The van der Waals surface area contributed by atoms with Crippen LogP contribution < -0.4 is 0 Å². The Hall–Kier alpha value is -2.42. The van der Waals surface area contributed by atoms with E-state index in [-0.39, 0.29) is 11.7 Å². The van der Waals surface area contributed by atoms with Gasteiger partial charge in [0.05, 0.1) is 0 Å². The second kappa shape index (κ2) is 7.23. The van der Waals surface area contributed by atoms with Crippen molar-refractivity contribution < 1.29 is 9.18 Å². The van der Waals surface area contributed by atoms with Gasteiger partial charge in [-0.05, 0) is 41.7 Å². The van der Waals surface area contributed by atoms with E-state index in [1.165, 1.54) is 23.3 Å². The molecule has 0 atom stereocenters. The van der Waals surface area contributed by atoms with E-state index in [4.69, 9.17) is 0 Å². The van der Waals surface area contributed by atoms with Crippen molar-refractivity contribution >= 4 is 11.5 Å². The van der Waals surface area contributed by atoms with Gasteiger partial charge in [0, 0.05) is 19.5 Å². The third kappa shape index (κ3) is 4.07. The summed E-state index contributed by atoms with van der Waals surface area (Å²) in [6, 6.07) is 16.7. The maximum atomic E-state index is 12.9. The van der Waals surface area contributed by atoms with Gasteiger partial charge in [0.25, 0.3) is 0 Å². The number of rotatable bonds is 4. The lowest BCUT2D eigenvalue weighted by atomic mass is 9.99. The number of nitrogens with zero attached hydrogens (tertiary/aromatic N) is 1. The van der Waals surface area contributed by atoms with Crippen LogP contribution >= 0.6 is 0 Å². The maximum absolute atomic E-state index is 12.9. The van der Waals surface area contributed by atoms with Gasteiger partial charge in [-0.25, -0.2) is 4.39 Å². The number of carbonyl (C=O) groups is 1. The van der Waals surface area contributed by atoms with Crippen LogP contribution in [0.15, 0.2) is 60.7 Å². The molecule has 0 N–H and O–H groups in total. The van der Waals surface area contributed by atoms with Crippen LogP contribution in [0, 0.1) is 5.82 Å². The minimum Gasteiger partial charge on any atom is -0.339 e. The average molecular weight is 309 g/mol. The van der Waals surface area contributed by atoms with Gasteiger partial charge in [-0.3, -0.25) is 4.79 Å². The van der Waals surface area contributed by atoms with E-state index in [2.05, 4.69) is 18.2 Å². The molecule has 2 aromatic rings. The van der Waals surface area contributed by atoms with Crippen LogP contribution in [0.25, 0.3) is 5.57 Å². The van der Waals surface area contributed by atoms with Gasteiger partial charge in [-0.2, -0.15) is 0 Å². The molecule has 0 aromatic heterocycles. The van der Waals surface area contributed by atoms with Crippen LogP contribution in [0.5, 0.6) is 0 Å². The second-order valence-corrected chi connectivity index (χ2v) is 5.81. The highest BCUT2D eigenvalue weighted by Crippen LogP contribution is 2.22. The van der Waals surface area contributed by atoms with Gasteiger partial charge < -0.3 is 4.90 Å². The van der Waals surface area contributed by atoms with Gasteiger partial charge in [0.1, 0.15) is 5.82 Å². The first-order valence-electron chi connectivity index (χ1n) is 7.99. The fourth-order valence-electron chi connectivity index (χ4n) is 2.87. The molecule has 0 spiro atoms. The summed E-state index contributed by atoms with van der Waals surface area (Å²) in [5, 5.41) is 0. The van der Waals surface area contributed by atoms with Crippen molar-refractivity contribution in [3.05, 3.63) is 77.6 Å². The molecule has 0 saturated heterocycles. The molecule has 0 radical (unpaired) electrons. The van der Waals surface area contributed by atoms with E-state index in [0.717, 1.165) is 18.5 Å². The number of benzene rings is 2. The molecule has 118 valence electrons. The number of halogens is 1. The molecule has 2 nitrogen and oxygen atoms in total. The molecular formula is C20H20FNO. The second-order valence-electron chi connectivity index (χ2n) is 5.81. The highest BCUT2D eigenvalue weighted by molar-refractivity contribution is 5.78. The van der Waals surface area contributed by atoms with Crippen molar-refractivity contribution in [3.8, 4) is 0 Å². The Morgan fingerprint density at radius 3 is 2.43 bits per heavy atom. The van der Waals surface area contributed by atoms with Crippen LogP contribution in [0.4, 0.5) is 4.39 Å². The standard InChI is InChI=1S/C20H20FNO/c21-19-9-6-16(7-10-19)8-11-20(23)22-14-12-18(13-15-22)17-4-2-1-3-5-17/h1-7,9-10,12H,8,11,13-15H2. The van der Waals surface area contributed by atoms with Gasteiger partial charge in [-0.15, -0.1) is 0 Å². The predicted molar refractivity (Wildman–Crippen MR) is 90.3 cm³/mol. The lowest BCUT2D eigenvalue weighted by Crippen LogP contribution is -2.34. The molecule has 23 heavy (non-hydrogen) atoms. The van der Waals surface area contributed by atoms with Crippen molar-refractivity contribution in [2.24, 2.45) is 0 Å². The van der Waals surface area contributed by atoms with Crippen LogP contribution in [-0.4, -0.2) is 23.9 Å². The topological polar surface area (TPSA) is 20.3 Å². The van der Waals surface area contributed by atoms with E-state index in [0.29, 0.717) is 19.4 Å². The molecule has 3 rings (SSSR count). The number of amides is 1. The summed E-state index contributed by atoms with van der Waals surface area (Å²) < 4.78 is 12.9. The van der Waals surface area contributed by atoms with Crippen LogP contribution in [0.2, 0.25) is 0 Å². The minimum absolute atomic E-state index is 0.165. The first-order chi connectivity index (χ1) is 11.2. The monoisotopic (exact) mass is 309 g/mol. The van der Waals surface area contributed by atoms with Crippen LogP contribution in [0.3, 0.4) is 0 Å². The predicted octanol–water partition coefficient (Wildman–Crippen LogP) is 4.07. The van der Waals surface area contributed by atoms with E-state index < -0.39 is 0 Å². The third-order valence-electron chi connectivity index (χ3n) is 4.25. The number of hydrogen-bond donors (Lipinski definition) is 0. The summed E-state index contributed by atoms with van der Waals surface area (Å²) >= 11 is 0. The third-order valence-corrected chi connectivity index (χ3v) is 4.25. The molecule has 0 unspecified atom stereocenters. The number of aryl methyl sites for hydroxylation is 1. The van der Waals surface area contributed by atoms with Crippen molar-refractivity contribution in [1.82, 2.24) is 4.90 Å². The smallest absolute Gasteiger partial charge is 0.223 e. The van der Waals surface area contributed by atoms with E-state index in [1.54, 1.807) is 12.1 Å². The summed E-state index contributed by atoms with van der Waals surface area (Å²) in [6.45, 7) is 1.44. The molecule has 0 saturated carbocycles. The van der Waals surface area contributed by atoms with Gasteiger partial charge in [-0.1, -0.05) is 48.5 Å². The van der Waals surface area contributed by atoms with Crippen molar-refractivity contribution in [2.45, 2.75) is 19.3 Å². The zero-order valence-electron chi connectivity index (χ0n) is 13.0. The number of carbonyl (C=O) groups excluding carboxylic acids is 1. The Bertz CT molecular complexity index is 691. The van der Waals surface area contributed by atoms with Crippen molar-refractivity contribution in [1.29, 1.82) is 0 Å². The molecule has 0 bridgehead atoms. The van der Waals surface area contributed by atoms with Gasteiger partial charge in [0.15, 0.2) is 0 Å². The first kappa shape index (κ1) is 15.5. The zero-order valence-corrected chi connectivity index (χ0v) is 13.0. The summed E-state index contributed by atoms with van der Waals surface area (Å²) in [5.41, 5.74) is 3.55. The van der Waals surface area contributed by atoms with Gasteiger partial charge >= 0.3 is 0 Å². The van der Waals surface area contributed by atoms with Crippen LogP contribution in [-0.2, 0) is 11.2 Å². The molecule has 0 aliphatic carbocycles. The molecular weight excluding hydrogens is 289 g/mol. The minimum atomic E-state index is -0.241. The molecule has 1 heterocycles. The molecule has 3 heteroatoms. The normalized spacial score (nSPS) is 14.5. The largest absolute Gasteiger partial charge is 0.339 e. The Morgan fingerprint density at radius 2 is 1.78 bits per heavy atom. The lowest BCUT2D eigenvalue weighted by molar-refractivity contribution is -0.130. The van der Waals surface area contributed by atoms with E-state index >= 15 is 0 Å². The van der Waals surface area contributed by atoms with Crippen molar-refractivity contribution in [2.75, 3.05) is 13.1 Å². The average Bonchev–Trinajstić information content (AvgIpc) is 2.62. The molecule has 1 aliphatic rings. The van der Waals surface area contributed by atoms with Gasteiger partial charge in [0.2, 0.25) is 5.91 Å².